The minimum absolute atomic E-state index is 0.211. The quantitative estimate of drug-likeness (QED) is 0.744. The molecule has 2 aromatic carbocycles. The SMILES string of the molecule is O=C(Nc1cccc(Cl)c1)c1ccnc(C(=O)N2CCc3ccccc32)c1. The van der Waals surface area contributed by atoms with Crippen LogP contribution in [0.5, 0.6) is 0 Å². The van der Waals surface area contributed by atoms with Crippen LogP contribution in [-0.4, -0.2) is 23.3 Å². The number of aromatic nitrogens is 1. The third kappa shape index (κ3) is 3.55. The number of benzene rings is 2. The summed E-state index contributed by atoms with van der Waals surface area (Å²) >= 11 is 5.94. The average Bonchev–Trinajstić information content (AvgIpc) is 3.11. The Morgan fingerprint density at radius 1 is 1.04 bits per heavy atom. The van der Waals surface area contributed by atoms with Gasteiger partial charge < -0.3 is 10.2 Å². The maximum Gasteiger partial charge on any atom is 0.276 e. The molecule has 0 spiro atoms. The standard InChI is InChI=1S/C21H16ClN3O2/c22-16-5-3-6-17(13-16)24-20(26)15-8-10-23-18(12-15)21(27)25-11-9-14-4-1-2-7-19(14)25/h1-8,10,12-13H,9,11H2,(H,24,26). The van der Waals surface area contributed by atoms with Gasteiger partial charge in [-0.1, -0.05) is 35.9 Å². The van der Waals surface area contributed by atoms with E-state index in [0.29, 0.717) is 22.8 Å². The minimum atomic E-state index is -0.324. The van der Waals surface area contributed by atoms with Crippen molar-refractivity contribution in [1.29, 1.82) is 0 Å². The molecule has 6 heteroatoms. The predicted octanol–water partition coefficient (Wildman–Crippen LogP) is 4.19. The van der Waals surface area contributed by atoms with Gasteiger partial charge in [0.05, 0.1) is 0 Å². The highest BCUT2D eigenvalue weighted by molar-refractivity contribution is 6.31. The first-order chi connectivity index (χ1) is 13.1. The number of rotatable bonds is 3. The zero-order valence-corrected chi connectivity index (χ0v) is 15.1. The van der Waals surface area contributed by atoms with Crippen LogP contribution in [0.1, 0.15) is 26.4 Å². The van der Waals surface area contributed by atoms with E-state index >= 15 is 0 Å². The number of hydrogen-bond acceptors (Lipinski definition) is 3. The number of hydrogen-bond donors (Lipinski definition) is 1. The van der Waals surface area contributed by atoms with Crippen LogP contribution in [0.3, 0.4) is 0 Å². The number of anilines is 2. The molecule has 0 saturated heterocycles. The summed E-state index contributed by atoms with van der Waals surface area (Å²) < 4.78 is 0. The van der Waals surface area contributed by atoms with Crippen molar-refractivity contribution >= 4 is 34.8 Å². The fraction of sp³-hybridized carbons (Fsp3) is 0.0952. The van der Waals surface area contributed by atoms with Crippen LogP contribution in [0.25, 0.3) is 0 Å². The summed E-state index contributed by atoms with van der Waals surface area (Å²) in [6, 6.07) is 17.8. The van der Waals surface area contributed by atoms with Crippen molar-refractivity contribution in [2.45, 2.75) is 6.42 Å². The van der Waals surface area contributed by atoms with Crippen LogP contribution in [0.2, 0.25) is 5.02 Å². The third-order valence-corrected chi connectivity index (χ3v) is 4.69. The molecule has 3 aromatic rings. The molecule has 2 heterocycles. The smallest absolute Gasteiger partial charge is 0.276 e. The summed E-state index contributed by atoms with van der Waals surface area (Å²) in [5, 5.41) is 3.31. The van der Waals surface area contributed by atoms with Crippen molar-refractivity contribution in [3.05, 3.63) is 88.7 Å². The van der Waals surface area contributed by atoms with E-state index in [2.05, 4.69) is 10.3 Å². The van der Waals surface area contributed by atoms with Gasteiger partial charge in [-0.2, -0.15) is 0 Å². The van der Waals surface area contributed by atoms with E-state index in [0.717, 1.165) is 17.7 Å². The average molecular weight is 378 g/mol. The largest absolute Gasteiger partial charge is 0.322 e. The van der Waals surface area contributed by atoms with Crippen molar-refractivity contribution in [2.24, 2.45) is 0 Å². The van der Waals surface area contributed by atoms with Gasteiger partial charge in [-0.15, -0.1) is 0 Å². The summed E-state index contributed by atoms with van der Waals surface area (Å²) in [4.78, 5) is 31.3. The summed E-state index contributed by atoms with van der Waals surface area (Å²) in [5.41, 5.74) is 3.23. The lowest BCUT2D eigenvalue weighted by Gasteiger charge is -2.17. The molecule has 1 aromatic heterocycles. The first-order valence-corrected chi connectivity index (χ1v) is 8.92. The van der Waals surface area contributed by atoms with Crippen LogP contribution in [0, 0.1) is 0 Å². The van der Waals surface area contributed by atoms with Crippen molar-refractivity contribution < 1.29 is 9.59 Å². The first kappa shape index (κ1) is 17.2. The molecule has 0 fully saturated rings. The van der Waals surface area contributed by atoms with E-state index < -0.39 is 0 Å². The number of carbonyl (C=O) groups is 2. The molecule has 0 bridgehead atoms. The van der Waals surface area contributed by atoms with Gasteiger partial charge in [-0.3, -0.25) is 14.6 Å². The van der Waals surface area contributed by atoms with E-state index in [9.17, 15) is 9.59 Å². The summed E-state index contributed by atoms with van der Waals surface area (Å²) in [7, 11) is 0. The van der Waals surface area contributed by atoms with E-state index in [4.69, 9.17) is 11.6 Å². The maximum absolute atomic E-state index is 12.9. The molecule has 0 saturated carbocycles. The summed E-state index contributed by atoms with van der Waals surface area (Å²) in [6.07, 6.45) is 2.29. The Labute approximate surface area is 161 Å². The van der Waals surface area contributed by atoms with Crippen LogP contribution < -0.4 is 10.2 Å². The summed E-state index contributed by atoms with van der Waals surface area (Å²) in [5.74, 6) is -0.534. The zero-order chi connectivity index (χ0) is 18.8. The van der Waals surface area contributed by atoms with Gasteiger partial charge in [-0.25, -0.2) is 0 Å². The number of para-hydroxylation sites is 1. The maximum atomic E-state index is 12.9. The van der Waals surface area contributed by atoms with Gasteiger partial charge in [0.1, 0.15) is 5.69 Å². The van der Waals surface area contributed by atoms with Crippen molar-refractivity contribution in [3.8, 4) is 0 Å². The Bertz CT molecular complexity index is 1040. The fourth-order valence-corrected chi connectivity index (χ4v) is 3.34. The molecular formula is C21H16ClN3O2. The Morgan fingerprint density at radius 2 is 1.89 bits per heavy atom. The second-order valence-corrected chi connectivity index (χ2v) is 6.67. The Morgan fingerprint density at radius 3 is 2.74 bits per heavy atom. The molecule has 1 aliphatic heterocycles. The van der Waals surface area contributed by atoms with Crippen LogP contribution in [-0.2, 0) is 6.42 Å². The highest BCUT2D eigenvalue weighted by atomic mass is 35.5. The minimum Gasteiger partial charge on any atom is -0.322 e. The van der Waals surface area contributed by atoms with Crippen molar-refractivity contribution in [2.75, 3.05) is 16.8 Å². The molecule has 4 rings (SSSR count). The molecule has 0 unspecified atom stereocenters. The number of nitrogens with one attached hydrogen (secondary N) is 1. The molecule has 5 nitrogen and oxygen atoms in total. The Balaban J connectivity index is 1.56. The van der Waals surface area contributed by atoms with Crippen LogP contribution in [0.15, 0.2) is 66.9 Å². The van der Waals surface area contributed by atoms with Gasteiger partial charge in [0.15, 0.2) is 0 Å². The second kappa shape index (κ2) is 7.21. The summed E-state index contributed by atoms with van der Waals surface area (Å²) in [6.45, 7) is 0.610. The molecule has 2 amide bonds. The molecule has 1 N–H and O–H groups in total. The number of nitrogens with zero attached hydrogens (tertiary/aromatic N) is 2. The van der Waals surface area contributed by atoms with Crippen LogP contribution in [0.4, 0.5) is 11.4 Å². The topological polar surface area (TPSA) is 62.3 Å². The van der Waals surface area contributed by atoms with Crippen molar-refractivity contribution in [3.63, 3.8) is 0 Å². The number of amides is 2. The lowest BCUT2D eigenvalue weighted by Crippen LogP contribution is -2.30. The number of halogens is 1. The third-order valence-electron chi connectivity index (χ3n) is 4.46. The van der Waals surface area contributed by atoms with Crippen LogP contribution >= 0.6 is 11.6 Å². The van der Waals surface area contributed by atoms with Gasteiger partial charge in [0.25, 0.3) is 11.8 Å². The number of pyridine rings is 1. The predicted molar refractivity (Wildman–Crippen MR) is 105 cm³/mol. The normalized spacial score (nSPS) is 12.6. The monoisotopic (exact) mass is 377 g/mol. The first-order valence-electron chi connectivity index (χ1n) is 8.54. The molecule has 0 atom stereocenters. The number of fused-ring (bicyclic) bond motifs is 1. The molecule has 0 aliphatic carbocycles. The number of carbonyl (C=O) groups excluding carboxylic acids is 2. The van der Waals surface area contributed by atoms with E-state index in [-0.39, 0.29) is 17.5 Å². The van der Waals surface area contributed by atoms with Crippen molar-refractivity contribution in [1.82, 2.24) is 4.98 Å². The zero-order valence-electron chi connectivity index (χ0n) is 14.4. The lowest BCUT2D eigenvalue weighted by molar-refractivity contribution is 0.0984. The van der Waals surface area contributed by atoms with Gasteiger partial charge in [0.2, 0.25) is 0 Å². The van der Waals surface area contributed by atoms with Gasteiger partial charge in [0, 0.05) is 34.7 Å². The fourth-order valence-electron chi connectivity index (χ4n) is 3.15. The highest BCUT2D eigenvalue weighted by Gasteiger charge is 2.26. The molecule has 0 radical (unpaired) electrons. The van der Waals surface area contributed by atoms with E-state index in [1.165, 1.54) is 12.3 Å². The van der Waals surface area contributed by atoms with Gasteiger partial charge >= 0.3 is 0 Å². The van der Waals surface area contributed by atoms with Gasteiger partial charge in [-0.05, 0) is 48.4 Å². The Kier molecular flexibility index (Phi) is 4.60. The van der Waals surface area contributed by atoms with E-state index in [1.807, 2.05) is 24.3 Å². The molecule has 27 heavy (non-hydrogen) atoms. The molecule has 134 valence electrons. The van der Waals surface area contributed by atoms with E-state index in [1.54, 1.807) is 35.2 Å². The second-order valence-electron chi connectivity index (χ2n) is 6.23. The lowest BCUT2D eigenvalue weighted by atomic mass is 10.1. The Hall–Kier alpha value is -3.18. The highest BCUT2D eigenvalue weighted by Crippen LogP contribution is 2.28. The molecule has 1 aliphatic rings. The molecular weight excluding hydrogens is 362 g/mol.